The summed E-state index contributed by atoms with van der Waals surface area (Å²) in [4.78, 5) is 9.36. The van der Waals surface area contributed by atoms with Crippen molar-refractivity contribution in [3.8, 4) is 11.4 Å². The Morgan fingerprint density at radius 1 is 1.16 bits per heavy atom. The van der Waals surface area contributed by atoms with E-state index in [4.69, 9.17) is 4.98 Å². The van der Waals surface area contributed by atoms with Crippen LogP contribution in [0.15, 0.2) is 24.3 Å². The number of anilines is 1. The van der Waals surface area contributed by atoms with Crippen LogP contribution in [0.25, 0.3) is 11.4 Å². The van der Waals surface area contributed by atoms with Crippen LogP contribution in [-0.2, 0) is 13.0 Å². The Kier molecular flexibility index (Phi) is 3.17. The van der Waals surface area contributed by atoms with Crippen molar-refractivity contribution in [2.24, 2.45) is 0 Å². The minimum atomic E-state index is 0.798. The quantitative estimate of drug-likeness (QED) is 0.862. The highest BCUT2D eigenvalue weighted by molar-refractivity contribution is 5.60. The third kappa shape index (κ3) is 2.31. The molecule has 3 rings (SSSR count). The summed E-state index contributed by atoms with van der Waals surface area (Å²) in [5, 5.41) is 6.56. The first-order valence-corrected chi connectivity index (χ1v) is 6.63. The van der Waals surface area contributed by atoms with Gasteiger partial charge in [0.15, 0.2) is 5.82 Å². The molecule has 0 spiro atoms. The molecule has 2 N–H and O–H groups in total. The molecule has 1 aliphatic heterocycles. The number of rotatable bonds is 2. The van der Waals surface area contributed by atoms with Gasteiger partial charge in [-0.3, -0.25) is 0 Å². The van der Waals surface area contributed by atoms with E-state index in [0.717, 1.165) is 42.4 Å². The molecule has 0 bridgehead atoms. The van der Waals surface area contributed by atoms with Gasteiger partial charge in [-0.05, 0) is 19.9 Å². The lowest BCUT2D eigenvalue weighted by molar-refractivity contribution is 0.625. The zero-order valence-electron chi connectivity index (χ0n) is 11.3. The molecule has 1 aromatic heterocycles. The number of nitrogens with zero attached hydrogens (tertiary/aromatic N) is 2. The van der Waals surface area contributed by atoms with E-state index in [2.05, 4.69) is 46.8 Å². The highest BCUT2D eigenvalue weighted by atomic mass is 15.0. The molecular weight excluding hydrogens is 236 g/mol. The van der Waals surface area contributed by atoms with Crippen LogP contribution in [-0.4, -0.2) is 23.6 Å². The minimum Gasteiger partial charge on any atom is -0.373 e. The molecule has 2 heterocycles. The molecule has 0 saturated heterocycles. The van der Waals surface area contributed by atoms with Gasteiger partial charge in [-0.15, -0.1) is 0 Å². The second kappa shape index (κ2) is 4.97. The normalized spacial score (nSPS) is 14.0. The minimum absolute atomic E-state index is 0.798. The molecule has 0 fully saturated rings. The zero-order valence-corrected chi connectivity index (χ0v) is 11.3. The maximum Gasteiger partial charge on any atom is 0.161 e. The zero-order chi connectivity index (χ0) is 13.2. The van der Waals surface area contributed by atoms with E-state index < -0.39 is 0 Å². The lowest BCUT2D eigenvalue weighted by Gasteiger charge is -2.19. The van der Waals surface area contributed by atoms with E-state index >= 15 is 0 Å². The van der Waals surface area contributed by atoms with Gasteiger partial charge in [0.25, 0.3) is 0 Å². The summed E-state index contributed by atoms with van der Waals surface area (Å²) in [6, 6.07) is 8.34. The van der Waals surface area contributed by atoms with Gasteiger partial charge in [-0.1, -0.05) is 29.8 Å². The van der Waals surface area contributed by atoms with Gasteiger partial charge in [0, 0.05) is 24.7 Å². The Morgan fingerprint density at radius 3 is 2.68 bits per heavy atom. The van der Waals surface area contributed by atoms with Crippen molar-refractivity contribution in [3.63, 3.8) is 0 Å². The lowest BCUT2D eigenvalue weighted by Crippen LogP contribution is -2.26. The standard InChI is InChI=1S/C15H18N4/c1-10-3-5-11(6-4-10)14-18-13-9-17-8-7-12(13)15(16-2)19-14/h3-6,17H,7-9H2,1-2H3,(H,16,18,19). The number of hydrogen-bond donors (Lipinski definition) is 2. The van der Waals surface area contributed by atoms with E-state index in [9.17, 15) is 0 Å². The SMILES string of the molecule is CNc1nc(-c2ccc(C)cc2)nc2c1CCNC2. The summed E-state index contributed by atoms with van der Waals surface area (Å²) in [5.41, 5.74) is 4.67. The molecule has 1 aromatic carbocycles. The van der Waals surface area contributed by atoms with Gasteiger partial charge in [-0.25, -0.2) is 9.97 Å². The van der Waals surface area contributed by atoms with Gasteiger partial charge >= 0.3 is 0 Å². The van der Waals surface area contributed by atoms with Gasteiger partial charge in [0.1, 0.15) is 5.82 Å². The average Bonchev–Trinajstić information content (AvgIpc) is 2.47. The van der Waals surface area contributed by atoms with E-state index in [-0.39, 0.29) is 0 Å². The van der Waals surface area contributed by atoms with Crippen LogP contribution in [0.5, 0.6) is 0 Å². The summed E-state index contributed by atoms with van der Waals surface area (Å²) in [6.45, 7) is 3.90. The summed E-state index contributed by atoms with van der Waals surface area (Å²) >= 11 is 0. The molecule has 98 valence electrons. The predicted octanol–water partition coefficient (Wildman–Crippen LogP) is 2.14. The molecule has 0 radical (unpaired) electrons. The van der Waals surface area contributed by atoms with Crippen LogP contribution in [0.4, 0.5) is 5.82 Å². The van der Waals surface area contributed by atoms with Crippen LogP contribution < -0.4 is 10.6 Å². The summed E-state index contributed by atoms with van der Waals surface area (Å²) in [6.07, 6.45) is 0.986. The lowest BCUT2D eigenvalue weighted by atomic mass is 10.1. The molecule has 0 atom stereocenters. The number of fused-ring (bicyclic) bond motifs is 1. The molecule has 4 heteroatoms. The number of hydrogen-bond acceptors (Lipinski definition) is 4. The predicted molar refractivity (Wildman–Crippen MR) is 77.2 cm³/mol. The van der Waals surface area contributed by atoms with Gasteiger partial charge in [-0.2, -0.15) is 0 Å². The van der Waals surface area contributed by atoms with Crippen LogP contribution in [0.3, 0.4) is 0 Å². The number of nitrogens with one attached hydrogen (secondary N) is 2. The molecule has 1 aliphatic rings. The fraction of sp³-hybridized carbons (Fsp3) is 0.333. The van der Waals surface area contributed by atoms with E-state index in [1.165, 1.54) is 11.1 Å². The number of aryl methyl sites for hydroxylation is 1. The Balaban J connectivity index is 2.09. The highest BCUT2D eigenvalue weighted by Gasteiger charge is 2.17. The van der Waals surface area contributed by atoms with E-state index in [0.29, 0.717) is 0 Å². The Labute approximate surface area is 113 Å². The third-order valence-electron chi connectivity index (χ3n) is 3.48. The van der Waals surface area contributed by atoms with E-state index in [1.807, 2.05) is 7.05 Å². The Morgan fingerprint density at radius 2 is 1.95 bits per heavy atom. The molecule has 19 heavy (non-hydrogen) atoms. The Bertz CT molecular complexity index is 573. The van der Waals surface area contributed by atoms with Crippen molar-refractivity contribution in [1.29, 1.82) is 0 Å². The molecule has 0 saturated carbocycles. The van der Waals surface area contributed by atoms with Crippen LogP contribution in [0.2, 0.25) is 0 Å². The molecule has 0 amide bonds. The topological polar surface area (TPSA) is 49.8 Å². The summed E-state index contributed by atoms with van der Waals surface area (Å²) < 4.78 is 0. The second-order valence-electron chi connectivity index (χ2n) is 4.86. The summed E-state index contributed by atoms with van der Waals surface area (Å²) in [7, 11) is 1.92. The van der Waals surface area contributed by atoms with Crippen molar-refractivity contribution in [1.82, 2.24) is 15.3 Å². The maximum atomic E-state index is 4.71. The number of benzene rings is 1. The first-order valence-electron chi connectivity index (χ1n) is 6.63. The highest BCUT2D eigenvalue weighted by Crippen LogP contribution is 2.24. The van der Waals surface area contributed by atoms with E-state index in [1.54, 1.807) is 0 Å². The van der Waals surface area contributed by atoms with Crippen LogP contribution in [0.1, 0.15) is 16.8 Å². The van der Waals surface area contributed by atoms with Gasteiger partial charge < -0.3 is 10.6 Å². The van der Waals surface area contributed by atoms with Crippen molar-refractivity contribution >= 4 is 5.82 Å². The number of aromatic nitrogens is 2. The van der Waals surface area contributed by atoms with Gasteiger partial charge in [0.2, 0.25) is 0 Å². The fourth-order valence-corrected chi connectivity index (χ4v) is 2.40. The molecule has 0 unspecified atom stereocenters. The molecule has 4 nitrogen and oxygen atoms in total. The largest absolute Gasteiger partial charge is 0.373 e. The van der Waals surface area contributed by atoms with Crippen molar-refractivity contribution in [2.75, 3.05) is 18.9 Å². The molecule has 2 aromatic rings. The summed E-state index contributed by atoms with van der Waals surface area (Å²) in [5.74, 6) is 1.76. The molecular formula is C15H18N4. The first-order chi connectivity index (χ1) is 9.28. The third-order valence-corrected chi connectivity index (χ3v) is 3.48. The average molecular weight is 254 g/mol. The van der Waals surface area contributed by atoms with Crippen molar-refractivity contribution < 1.29 is 0 Å². The second-order valence-corrected chi connectivity index (χ2v) is 4.86. The smallest absolute Gasteiger partial charge is 0.161 e. The molecule has 0 aliphatic carbocycles. The van der Waals surface area contributed by atoms with Gasteiger partial charge in [0.05, 0.1) is 5.69 Å². The fourth-order valence-electron chi connectivity index (χ4n) is 2.40. The van der Waals surface area contributed by atoms with Crippen LogP contribution >= 0.6 is 0 Å². The monoisotopic (exact) mass is 254 g/mol. The van der Waals surface area contributed by atoms with Crippen LogP contribution in [0, 0.1) is 6.92 Å². The Hall–Kier alpha value is -1.94. The maximum absolute atomic E-state index is 4.71. The van der Waals surface area contributed by atoms with Crippen molar-refractivity contribution in [3.05, 3.63) is 41.1 Å². The first kappa shape index (κ1) is 12.1. The van der Waals surface area contributed by atoms with Crippen molar-refractivity contribution in [2.45, 2.75) is 19.9 Å².